The van der Waals surface area contributed by atoms with Crippen LogP contribution in [0.5, 0.6) is 0 Å². The number of nitrogens with one attached hydrogen (secondary N) is 2. The SMILES string of the molecule is O=C(NC1CC(C(=O)NC2CCC(C(=O)O)CC2)C1)OCC1c2ccccc2-c2ccccc21. The molecule has 7 heteroatoms. The number of carboxylic acid groups (broad SMARTS) is 1. The van der Waals surface area contributed by atoms with E-state index in [9.17, 15) is 14.4 Å². The van der Waals surface area contributed by atoms with E-state index in [0.717, 1.165) is 0 Å². The van der Waals surface area contributed by atoms with Gasteiger partial charge in [0.15, 0.2) is 0 Å². The molecule has 0 heterocycles. The molecule has 2 amide bonds. The molecule has 0 radical (unpaired) electrons. The van der Waals surface area contributed by atoms with Gasteiger partial charge in [-0.15, -0.1) is 0 Å². The average Bonchev–Trinajstić information content (AvgIpc) is 3.14. The van der Waals surface area contributed by atoms with Gasteiger partial charge in [0.2, 0.25) is 5.91 Å². The minimum Gasteiger partial charge on any atom is -0.481 e. The highest BCUT2D eigenvalue weighted by Crippen LogP contribution is 2.44. The number of amides is 2. The molecule has 3 aliphatic carbocycles. The molecule has 34 heavy (non-hydrogen) atoms. The second kappa shape index (κ2) is 9.49. The number of benzene rings is 2. The van der Waals surface area contributed by atoms with Crippen LogP contribution >= 0.6 is 0 Å². The molecule has 0 atom stereocenters. The maximum Gasteiger partial charge on any atom is 0.407 e. The van der Waals surface area contributed by atoms with E-state index in [2.05, 4.69) is 34.9 Å². The van der Waals surface area contributed by atoms with Crippen molar-refractivity contribution in [3.63, 3.8) is 0 Å². The van der Waals surface area contributed by atoms with Crippen molar-refractivity contribution in [1.29, 1.82) is 0 Å². The summed E-state index contributed by atoms with van der Waals surface area (Å²) < 4.78 is 5.59. The van der Waals surface area contributed by atoms with Crippen LogP contribution in [0.25, 0.3) is 11.1 Å². The largest absolute Gasteiger partial charge is 0.481 e. The van der Waals surface area contributed by atoms with Gasteiger partial charge in [-0.1, -0.05) is 48.5 Å². The normalized spacial score (nSPS) is 25.4. The van der Waals surface area contributed by atoms with E-state index in [0.29, 0.717) is 38.5 Å². The summed E-state index contributed by atoms with van der Waals surface area (Å²) in [5.41, 5.74) is 4.73. The van der Waals surface area contributed by atoms with Crippen LogP contribution in [0, 0.1) is 11.8 Å². The van der Waals surface area contributed by atoms with Crippen molar-refractivity contribution in [2.24, 2.45) is 11.8 Å². The smallest absolute Gasteiger partial charge is 0.407 e. The van der Waals surface area contributed by atoms with Gasteiger partial charge in [0.25, 0.3) is 0 Å². The second-order valence-corrected chi connectivity index (χ2v) is 9.73. The van der Waals surface area contributed by atoms with Crippen LogP contribution in [0.2, 0.25) is 0 Å². The van der Waals surface area contributed by atoms with Crippen molar-refractivity contribution in [2.75, 3.05) is 6.61 Å². The maximum absolute atomic E-state index is 12.5. The van der Waals surface area contributed by atoms with Crippen LogP contribution in [-0.4, -0.2) is 41.8 Å². The highest BCUT2D eigenvalue weighted by Gasteiger charge is 2.37. The van der Waals surface area contributed by atoms with Crippen molar-refractivity contribution >= 4 is 18.0 Å². The van der Waals surface area contributed by atoms with Gasteiger partial charge in [-0.3, -0.25) is 9.59 Å². The van der Waals surface area contributed by atoms with Crippen LogP contribution in [0.1, 0.15) is 55.6 Å². The van der Waals surface area contributed by atoms with Crippen LogP contribution in [0.3, 0.4) is 0 Å². The highest BCUT2D eigenvalue weighted by atomic mass is 16.5. The number of aliphatic carboxylic acids is 1. The monoisotopic (exact) mass is 462 g/mol. The summed E-state index contributed by atoms with van der Waals surface area (Å²) in [7, 11) is 0. The standard InChI is InChI=1S/C27H30N2O5/c30-25(28-18-11-9-16(10-12-18)26(31)32)17-13-19(14-17)29-27(33)34-15-24-22-7-3-1-5-20(22)21-6-2-4-8-23(21)24/h1-8,16-19,24H,9-15H2,(H,28,30)(H,29,33)(H,31,32). The van der Waals surface area contributed by atoms with E-state index in [1.165, 1.54) is 22.3 Å². The predicted molar refractivity (Wildman–Crippen MR) is 126 cm³/mol. The van der Waals surface area contributed by atoms with Crippen LogP contribution in [0.15, 0.2) is 48.5 Å². The topological polar surface area (TPSA) is 105 Å². The Morgan fingerprint density at radius 1 is 0.794 bits per heavy atom. The van der Waals surface area contributed by atoms with Crippen LogP contribution in [-0.2, 0) is 14.3 Å². The number of carbonyl (C=O) groups is 3. The van der Waals surface area contributed by atoms with Crippen molar-refractivity contribution in [1.82, 2.24) is 10.6 Å². The van der Waals surface area contributed by atoms with Crippen molar-refractivity contribution in [2.45, 2.75) is 56.5 Å². The zero-order valence-corrected chi connectivity index (χ0v) is 19.0. The number of carbonyl (C=O) groups excluding carboxylic acids is 2. The lowest BCUT2D eigenvalue weighted by atomic mass is 9.79. The molecule has 2 fully saturated rings. The Morgan fingerprint density at radius 2 is 1.38 bits per heavy atom. The van der Waals surface area contributed by atoms with Crippen molar-refractivity contribution in [3.05, 3.63) is 59.7 Å². The molecule has 3 aliphatic rings. The van der Waals surface area contributed by atoms with E-state index in [4.69, 9.17) is 9.84 Å². The Balaban J connectivity index is 1.06. The Morgan fingerprint density at radius 3 is 1.97 bits per heavy atom. The zero-order valence-electron chi connectivity index (χ0n) is 19.0. The summed E-state index contributed by atoms with van der Waals surface area (Å²) in [6, 6.07) is 16.4. The number of ether oxygens (including phenoxy) is 1. The highest BCUT2D eigenvalue weighted by molar-refractivity contribution is 5.81. The quantitative estimate of drug-likeness (QED) is 0.600. The summed E-state index contributed by atoms with van der Waals surface area (Å²) in [5, 5.41) is 15.0. The molecule has 7 nitrogen and oxygen atoms in total. The third-order valence-corrected chi connectivity index (χ3v) is 7.60. The molecule has 2 aromatic carbocycles. The minimum atomic E-state index is -0.745. The summed E-state index contributed by atoms with van der Waals surface area (Å²) in [6.45, 7) is 0.273. The van der Waals surface area contributed by atoms with Gasteiger partial charge in [-0.2, -0.15) is 0 Å². The molecule has 0 spiro atoms. The summed E-state index contributed by atoms with van der Waals surface area (Å²) in [5.74, 6) is -1.12. The lowest BCUT2D eigenvalue weighted by Crippen LogP contribution is -2.51. The number of hydrogen-bond acceptors (Lipinski definition) is 4. The zero-order chi connectivity index (χ0) is 23.7. The molecular formula is C27H30N2O5. The second-order valence-electron chi connectivity index (χ2n) is 9.73. The third kappa shape index (κ3) is 4.52. The van der Waals surface area contributed by atoms with Crippen molar-refractivity contribution in [3.8, 4) is 11.1 Å². The number of hydrogen-bond donors (Lipinski definition) is 3. The van der Waals surface area contributed by atoms with Gasteiger partial charge >= 0.3 is 12.1 Å². The lowest BCUT2D eigenvalue weighted by molar-refractivity contribution is -0.142. The van der Waals surface area contributed by atoms with Crippen LogP contribution < -0.4 is 10.6 Å². The van der Waals surface area contributed by atoms with Gasteiger partial charge in [-0.05, 0) is 60.8 Å². The first-order valence-electron chi connectivity index (χ1n) is 12.1. The average molecular weight is 463 g/mol. The van der Waals surface area contributed by atoms with E-state index >= 15 is 0 Å². The lowest BCUT2D eigenvalue weighted by Gasteiger charge is -2.36. The van der Waals surface area contributed by atoms with Crippen LogP contribution in [0.4, 0.5) is 4.79 Å². The molecule has 0 saturated heterocycles. The number of carboxylic acids is 1. The third-order valence-electron chi connectivity index (χ3n) is 7.60. The minimum absolute atomic E-state index is 0.00404. The molecule has 0 aliphatic heterocycles. The van der Waals surface area contributed by atoms with E-state index in [1.54, 1.807) is 0 Å². The van der Waals surface area contributed by atoms with Gasteiger partial charge in [0.1, 0.15) is 6.61 Å². The molecule has 0 aromatic heterocycles. The van der Waals surface area contributed by atoms with Gasteiger partial charge in [-0.25, -0.2) is 4.79 Å². The first-order valence-corrected chi connectivity index (χ1v) is 12.1. The Labute approximate surface area is 198 Å². The number of rotatable bonds is 6. The Bertz CT molecular complexity index is 1040. The van der Waals surface area contributed by atoms with E-state index in [1.807, 2.05) is 24.3 Å². The fraction of sp³-hybridized carbons (Fsp3) is 0.444. The molecule has 2 aromatic rings. The van der Waals surface area contributed by atoms with E-state index in [-0.39, 0.29) is 42.4 Å². The Hall–Kier alpha value is -3.35. The summed E-state index contributed by atoms with van der Waals surface area (Å²) in [4.78, 5) is 36.0. The number of fused-ring (bicyclic) bond motifs is 3. The fourth-order valence-corrected chi connectivity index (χ4v) is 5.56. The summed E-state index contributed by atoms with van der Waals surface area (Å²) in [6.07, 6.45) is 3.38. The first kappa shape index (κ1) is 22.4. The Kier molecular flexibility index (Phi) is 6.26. The van der Waals surface area contributed by atoms with Crippen molar-refractivity contribution < 1.29 is 24.2 Å². The van der Waals surface area contributed by atoms with Gasteiger partial charge in [0, 0.05) is 23.9 Å². The summed E-state index contributed by atoms with van der Waals surface area (Å²) >= 11 is 0. The van der Waals surface area contributed by atoms with E-state index < -0.39 is 12.1 Å². The molecule has 0 unspecified atom stereocenters. The molecule has 3 N–H and O–H groups in total. The number of alkyl carbamates (subject to hydrolysis) is 1. The fourth-order valence-electron chi connectivity index (χ4n) is 5.56. The van der Waals surface area contributed by atoms with Gasteiger partial charge < -0.3 is 20.5 Å². The van der Waals surface area contributed by atoms with Gasteiger partial charge in [0.05, 0.1) is 5.92 Å². The maximum atomic E-state index is 12.5. The predicted octanol–water partition coefficient (Wildman–Crippen LogP) is 4.06. The molecule has 0 bridgehead atoms. The molecular weight excluding hydrogens is 432 g/mol. The molecule has 5 rings (SSSR count). The molecule has 178 valence electrons. The first-order chi connectivity index (χ1) is 16.5. The molecule has 2 saturated carbocycles.